The van der Waals surface area contributed by atoms with Crippen LogP contribution >= 0.6 is 0 Å². The zero-order chi connectivity index (χ0) is 29.3. The highest BCUT2D eigenvalue weighted by atomic mass is 19.4. The number of nitrogens with zero attached hydrogens (tertiary/aromatic N) is 1. The maximum Gasteiger partial charge on any atom is 0.573 e. The standard InChI is InChI=1S/C30H30F3NO7/c1-3-38-28(35)16-29(19-37-20-29)23-8-14-25(15-9-23)39-17-21-4-10-24(11-5-21)40-18-27(34-36-2)22-6-12-26(13-7-22)41-30(31,32)33/h4-15H,3,16-20H2,1-2H3. The average molecular weight is 574 g/mol. The third kappa shape index (κ3) is 8.37. The van der Waals surface area contributed by atoms with Crippen LogP contribution in [0.15, 0.2) is 78.0 Å². The van der Waals surface area contributed by atoms with E-state index in [9.17, 15) is 18.0 Å². The minimum Gasteiger partial charge on any atom is -0.489 e. The summed E-state index contributed by atoms with van der Waals surface area (Å²) in [6.07, 6.45) is -4.49. The number of halogens is 3. The van der Waals surface area contributed by atoms with Gasteiger partial charge in [0.25, 0.3) is 0 Å². The van der Waals surface area contributed by atoms with Gasteiger partial charge in [-0.25, -0.2) is 0 Å². The molecular weight excluding hydrogens is 543 g/mol. The summed E-state index contributed by atoms with van der Waals surface area (Å²) in [6, 6.07) is 20.2. The Morgan fingerprint density at radius 2 is 1.51 bits per heavy atom. The van der Waals surface area contributed by atoms with E-state index < -0.39 is 6.36 Å². The molecule has 11 heteroatoms. The molecule has 1 aliphatic rings. The Morgan fingerprint density at radius 3 is 2.07 bits per heavy atom. The topological polar surface area (TPSA) is 84.8 Å². The number of benzene rings is 3. The lowest BCUT2D eigenvalue weighted by atomic mass is 9.76. The van der Waals surface area contributed by atoms with E-state index in [0.717, 1.165) is 11.1 Å². The van der Waals surface area contributed by atoms with Crippen molar-refractivity contribution in [2.24, 2.45) is 5.16 Å². The van der Waals surface area contributed by atoms with Gasteiger partial charge in [0.1, 0.15) is 43.3 Å². The fourth-order valence-electron chi connectivity index (χ4n) is 4.23. The largest absolute Gasteiger partial charge is 0.573 e. The summed E-state index contributed by atoms with van der Waals surface area (Å²) in [5.41, 5.74) is 2.47. The van der Waals surface area contributed by atoms with Crippen LogP contribution in [0.1, 0.15) is 30.0 Å². The zero-order valence-corrected chi connectivity index (χ0v) is 22.6. The van der Waals surface area contributed by atoms with Crippen molar-refractivity contribution in [3.8, 4) is 17.2 Å². The normalized spacial score (nSPS) is 14.5. The molecule has 0 bridgehead atoms. The summed E-state index contributed by atoms with van der Waals surface area (Å²) < 4.78 is 63.3. The molecule has 0 N–H and O–H groups in total. The van der Waals surface area contributed by atoms with Crippen LogP contribution < -0.4 is 14.2 Å². The van der Waals surface area contributed by atoms with Crippen molar-refractivity contribution in [3.05, 3.63) is 89.5 Å². The molecule has 41 heavy (non-hydrogen) atoms. The molecule has 1 aliphatic heterocycles. The summed E-state index contributed by atoms with van der Waals surface area (Å²) in [7, 11) is 1.37. The van der Waals surface area contributed by atoms with Crippen LogP contribution in [0.5, 0.6) is 17.2 Å². The van der Waals surface area contributed by atoms with Crippen molar-refractivity contribution in [2.45, 2.75) is 31.7 Å². The van der Waals surface area contributed by atoms with Crippen LogP contribution in [-0.4, -0.2) is 51.6 Å². The predicted octanol–water partition coefficient (Wildman–Crippen LogP) is 5.81. The van der Waals surface area contributed by atoms with Crippen molar-refractivity contribution in [2.75, 3.05) is 33.5 Å². The highest BCUT2D eigenvalue weighted by Crippen LogP contribution is 2.37. The van der Waals surface area contributed by atoms with Crippen molar-refractivity contribution in [1.29, 1.82) is 0 Å². The number of hydrogen-bond acceptors (Lipinski definition) is 8. The summed E-state index contributed by atoms with van der Waals surface area (Å²) in [5, 5.41) is 3.93. The molecule has 4 rings (SSSR count). The van der Waals surface area contributed by atoms with Gasteiger partial charge in [-0.15, -0.1) is 13.2 Å². The molecule has 0 amide bonds. The molecule has 0 saturated carbocycles. The molecular formula is C30H30F3NO7. The summed E-state index contributed by atoms with van der Waals surface area (Å²) in [6.45, 7) is 3.44. The third-order valence-corrected chi connectivity index (χ3v) is 6.34. The molecule has 0 radical (unpaired) electrons. The second-order valence-electron chi connectivity index (χ2n) is 9.29. The molecule has 0 atom stereocenters. The van der Waals surface area contributed by atoms with E-state index in [0.29, 0.717) is 49.2 Å². The lowest BCUT2D eigenvalue weighted by Gasteiger charge is -2.41. The van der Waals surface area contributed by atoms with Crippen molar-refractivity contribution >= 4 is 11.7 Å². The van der Waals surface area contributed by atoms with Gasteiger partial charge >= 0.3 is 12.3 Å². The molecule has 3 aromatic rings. The number of hydrogen-bond donors (Lipinski definition) is 0. The van der Waals surface area contributed by atoms with Crippen LogP contribution in [0, 0.1) is 0 Å². The Bertz CT molecular complexity index is 1300. The van der Waals surface area contributed by atoms with Gasteiger partial charge in [-0.3, -0.25) is 4.79 Å². The minimum absolute atomic E-state index is 0.0260. The van der Waals surface area contributed by atoms with Crippen molar-refractivity contribution < 1.29 is 46.5 Å². The van der Waals surface area contributed by atoms with Gasteiger partial charge in [-0.1, -0.05) is 29.4 Å². The number of rotatable bonds is 13. The van der Waals surface area contributed by atoms with Gasteiger partial charge in [0.05, 0.1) is 31.7 Å². The first kappa shape index (κ1) is 29.7. The van der Waals surface area contributed by atoms with Crippen LogP contribution in [-0.2, 0) is 31.1 Å². The van der Waals surface area contributed by atoms with Crippen LogP contribution in [0.3, 0.4) is 0 Å². The van der Waals surface area contributed by atoms with E-state index in [-0.39, 0.29) is 30.2 Å². The molecule has 3 aromatic carbocycles. The molecule has 0 unspecified atom stereocenters. The van der Waals surface area contributed by atoms with E-state index >= 15 is 0 Å². The first-order valence-electron chi connectivity index (χ1n) is 12.8. The fraction of sp³-hybridized carbons (Fsp3) is 0.333. The molecule has 1 heterocycles. The van der Waals surface area contributed by atoms with Crippen LogP contribution in [0.2, 0.25) is 0 Å². The number of alkyl halides is 3. The second-order valence-corrected chi connectivity index (χ2v) is 9.29. The van der Waals surface area contributed by atoms with Gasteiger partial charge < -0.3 is 28.5 Å². The Kier molecular flexibility index (Phi) is 9.72. The van der Waals surface area contributed by atoms with Crippen molar-refractivity contribution in [1.82, 2.24) is 0 Å². The Labute approximate surface area is 235 Å². The summed E-state index contributed by atoms with van der Waals surface area (Å²) in [4.78, 5) is 16.9. The maximum atomic E-state index is 12.4. The SMILES string of the molecule is CCOC(=O)CC1(c2ccc(OCc3ccc(OCC(=NOC)c4ccc(OC(F)(F)F)cc4)cc3)cc2)COC1. The molecule has 1 fully saturated rings. The van der Waals surface area contributed by atoms with E-state index in [1.807, 2.05) is 36.4 Å². The number of carbonyl (C=O) groups is 1. The molecule has 218 valence electrons. The quantitative estimate of drug-likeness (QED) is 0.145. The van der Waals surface area contributed by atoms with Crippen molar-refractivity contribution in [3.63, 3.8) is 0 Å². The second kappa shape index (κ2) is 13.4. The maximum absolute atomic E-state index is 12.4. The Balaban J connectivity index is 1.29. The van der Waals surface area contributed by atoms with E-state index in [1.54, 1.807) is 19.1 Å². The van der Waals surface area contributed by atoms with Gasteiger partial charge in [-0.2, -0.15) is 0 Å². The molecule has 8 nitrogen and oxygen atoms in total. The highest BCUT2D eigenvalue weighted by molar-refractivity contribution is 6.01. The number of ether oxygens (including phenoxy) is 5. The molecule has 1 saturated heterocycles. The van der Waals surface area contributed by atoms with Gasteiger partial charge in [0.2, 0.25) is 0 Å². The van der Waals surface area contributed by atoms with E-state index in [1.165, 1.54) is 31.4 Å². The molecule has 0 spiro atoms. The first-order valence-corrected chi connectivity index (χ1v) is 12.8. The first-order chi connectivity index (χ1) is 19.7. The lowest BCUT2D eigenvalue weighted by molar-refractivity contribution is -0.274. The smallest absolute Gasteiger partial charge is 0.489 e. The summed E-state index contributed by atoms with van der Waals surface area (Å²) in [5.74, 6) is 0.680. The molecule has 0 aromatic heterocycles. The summed E-state index contributed by atoms with van der Waals surface area (Å²) >= 11 is 0. The number of esters is 1. The molecule has 0 aliphatic carbocycles. The third-order valence-electron chi connectivity index (χ3n) is 6.34. The van der Waals surface area contributed by atoms with Crippen LogP contribution in [0.25, 0.3) is 0 Å². The minimum atomic E-state index is -4.77. The zero-order valence-electron chi connectivity index (χ0n) is 22.6. The van der Waals surface area contributed by atoms with E-state index in [2.05, 4.69) is 9.89 Å². The monoisotopic (exact) mass is 573 g/mol. The Hall–Kier alpha value is -4.25. The predicted molar refractivity (Wildman–Crippen MR) is 143 cm³/mol. The fourth-order valence-corrected chi connectivity index (χ4v) is 4.23. The van der Waals surface area contributed by atoms with Crippen LogP contribution in [0.4, 0.5) is 13.2 Å². The lowest BCUT2D eigenvalue weighted by Crippen LogP contribution is -2.48. The van der Waals surface area contributed by atoms with E-state index in [4.69, 9.17) is 23.8 Å². The van der Waals surface area contributed by atoms with Gasteiger partial charge in [-0.05, 0) is 66.6 Å². The van der Waals surface area contributed by atoms with Gasteiger partial charge in [0.15, 0.2) is 0 Å². The highest BCUT2D eigenvalue weighted by Gasteiger charge is 2.42. The Morgan fingerprint density at radius 1 is 0.902 bits per heavy atom. The van der Waals surface area contributed by atoms with Gasteiger partial charge in [0, 0.05) is 5.56 Å². The number of oxime groups is 1. The number of carbonyl (C=O) groups excluding carboxylic acids is 1. The average Bonchev–Trinajstić information content (AvgIpc) is 2.93.